The lowest BCUT2D eigenvalue weighted by atomic mass is 10.1. The number of hydrogen-bond acceptors (Lipinski definition) is 4. The smallest absolute Gasteiger partial charge is 0.325 e. The number of hydrogen-bond donors (Lipinski definition) is 1. The van der Waals surface area contributed by atoms with Gasteiger partial charge >= 0.3 is 5.97 Å². The Morgan fingerprint density at radius 1 is 1.39 bits per heavy atom. The number of benzene rings is 1. The third-order valence-corrected chi connectivity index (χ3v) is 2.55. The van der Waals surface area contributed by atoms with Crippen LogP contribution in [0.1, 0.15) is 18.5 Å². The van der Waals surface area contributed by atoms with Gasteiger partial charge in [-0.3, -0.25) is 9.69 Å². The number of likely N-dealkylation sites (N-methyl/N-ethyl adjacent to an activating group) is 1. The number of carboxylic acids is 1. The molecule has 1 rings (SSSR count). The average molecular weight is 253 g/mol. The van der Waals surface area contributed by atoms with Crippen LogP contribution in [0.4, 0.5) is 0 Å². The summed E-state index contributed by atoms with van der Waals surface area (Å²) in [5, 5.41) is 9.22. The van der Waals surface area contributed by atoms with Crippen LogP contribution >= 0.6 is 0 Å². The van der Waals surface area contributed by atoms with Gasteiger partial charge in [0.25, 0.3) is 0 Å². The van der Waals surface area contributed by atoms with Gasteiger partial charge in [-0.05, 0) is 38.7 Å². The average Bonchev–Trinajstić information content (AvgIpc) is 2.30. The first kappa shape index (κ1) is 14.3. The molecule has 0 aliphatic heterocycles. The molecule has 1 unspecified atom stereocenters. The summed E-state index contributed by atoms with van der Waals surface area (Å²) in [6.07, 6.45) is 0. The van der Waals surface area contributed by atoms with E-state index in [1.54, 1.807) is 37.2 Å². The van der Waals surface area contributed by atoms with Gasteiger partial charge in [-0.25, -0.2) is 0 Å². The normalized spacial score (nSPS) is 12.3. The number of rotatable bonds is 6. The van der Waals surface area contributed by atoms with Crippen molar-refractivity contribution in [1.82, 2.24) is 4.90 Å². The standard InChI is InChI=1S/C13H19NO4/c1-5-18-10-7-6-9(8-11(10)17-4)12(13(15)16)14(2)3/h6-8,12H,5H2,1-4H3,(H,15,16). The van der Waals surface area contributed by atoms with Gasteiger partial charge in [0, 0.05) is 0 Å². The van der Waals surface area contributed by atoms with Crippen LogP contribution in [-0.2, 0) is 4.79 Å². The van der Waals surface area contributed by atoms with Gasteiger partial charge < -0.3 is 14.6 Å². The van der Waals surface area contributed by atoms with E-state index in [9.17, 15) is 9.90 Å². The molecule has 1 aromatic carbocycles. The highest BCUT2D eigenvalue weighted by atomic mass is 16.5. The maximum Gasteiger partial charge on any atom is 0.325 e. The van der Waals surface area contributed by atoms with Crippen LogP contribution in [0.3, 0.4) is 0 Å². The van der Waals surface area contributed by atoms with E-state index in [0.717, 1.165) is 0 Å². The van der Waals surface area contributed by atoms with Crippen LogP contribution in [0.25, 0.3) is 0 Å². The molecule has 0 aliphatic carbocycles. The number of methoxy groups -OCH3 is 1. The van der Waals surface area contributed by atoms with E-state index in [0.29, 0.717) is 23.7 Å². The zero-order valence-corrected chi connectivity index (χ0v) is 11.1. The van der Waals surface area contributed by atoms with Crippen molar-refractivity contribution >= 4 is 5.97 Å². The second-order valence-corrected chi connectivity index (χ2v) is 4.05. The summed E-state index contributed by atoms with van der Waals surface area (Å²) in [5.74, 6) is 0.264. The van der Waals surface area contributed by atoms with Crippen LogP contribution in [0.2, 0.25) is 0 Å². The number of ether oxygens (including phenoxy) is 2. The number of aliphatic carboxylic acids is 1. The highest BCUT2D eigenvalue weighted by molar-refractivity contribution is 5.76. The topological polar surface area (TPSA) is 59.0 Å². The zero-order valence-electron chi connectivity index (χ0n) is 11.1. The maximum absolute atomic E-state index is 11.2. The van der Waals surface area contributed by atoms with E-state index in [4.69, 9.17) is 9.47 Å². The summed E-state index contributed by atoms with van der Waals surface area (Å²) in [6, 6.07) is 4.47. The summed E-state index contributed by atoms with van der Waals surface area (Å²) in [6.45, 7) is 2.42. The SMILES string of the molecule is CCOc1ccc(C(C(=O)O)N(C)C)cc1OC. The van der Waals surface area contributed by atoms with E-state index in [1.165, 1.54) is 7.11 Å². The first-order valence-electron chi connectivity index (χ1n) is 5.71. The second kappa shape index (κ2) is 6.26. The van der Waals surface area contributed by atoms with E-state index in [2.05, 4.69) is 0 Å². The molecule has 0 radical (unpaired) electrons. The Morgan fingerprint density at radius 3 is 2.50 bits per heavy atom. The van der Waals surface area contributed by atoms with E-state index in [-0.39, 0.29) is 0 Å². The van der Waals surface area contributed by atoms with Crippen molar-refractivity contribution in [3.63, 3.8) is 0 Å². The molecule has 100 valence electrons. The summed E-state index contributed by atoms with van der Waals surface area (Å²) >= 11 is 0. The molecule has 0 amide bonds. The Labute approximate surface area is 107 Å². The van der Waals surface area contributed by atoms with Crippen molar-refractivity contribution in [3.8, 4) is 11.5 Å². The lowest BCUT2D eigenvalue weighted by Gasteiger charge is -2.21. The molecule has 18 heavy (non-hydrogen) atoms. The Bertz CT molecular complexity index is 417. The summed E-state index contributed by atoms with van der Waals surface area (Å²) < 4.78 is 10.6. The molecule has 0 saturated carbocycles. The Hall–Kier alpha value is -1.75. The minimum Gasteiger partial charge on any atom is -0.493 e. The number of carbonyl (C=O) groups is 1. The van der Waals surface area contributed by atoms with E-state index < -0.39 is 12.0 Å². The molecule has 5 heteroatoms. The fraction of sp³-hybridized carbons (Fsp3) is 0.462. The quantitative estimate of drug-likeness (QED) is 0.837. The van der Waals surface area contributed by atoms with Crippen LogP contribution < -0.4 is 9.47 Å². The number of nitrogens with zero attached hydrogens (tertiary/aromatic N) is 1. The highest BCUT2D eigenvalue weighted by Crippen LogP contribution is 2.31. The molecule has 0 fully saturated rings. The third-order valence-electron chi connectivity index (χ3n) is 2.55. The Morgan fingerprint density at radius 2 is 2.06 bits per heavy atom. The first-order chi connectivity index (χ1) is 8.51. The molecular weight excluding hydrogens is 234 g/mol. The molecule has 0 aromatic heterocycles. The first-order valence-corrected chi connectivity index (χ1v) is 5.71. The molecule has 1 aromatic rings. The molecule has 0 spiro atoms. The maximum atomic E-state index is 11.2. The molecule has 0 bridgehead atoms. The fourth-order valence-electron chi connectivity index (χ4n) is 1.79. The molecule has 0 aliphatic rings. The monoisotopic (exact) mass is 253 g/mol. The third kappa shape index (κ3) is 3.13. The van der Waals surface area contributed by atoms with Crippen molar-refractivity contribution in [3.05, 3.63) is 23.8 Å². The predicted molar refractivity (Wildman–Crippen MR) is 68.2 cm³/mol. The van der Waals surface area contributed by atoms with Gasteiger partial charge in [-0.2, -0.15) is 0 Å². The molecule has 0 saturated heterocycles. The van der Waals surface area contributed by atoms with Gasteiger partial charge in [-0.15, -0.1) is 0 Å². The van der Waals surface area contributed by atoms with Gasteiger partial charge in [-0.1, -0.05) is 6.07 Å². The summed E-state index contributed by atoms with van der Waals surface area (Å²) in [5.41, 5.74) is 0.660. The largest absolute Gasteiger partial charge is 0.493 e. The van der Waals surface area contributed by atoms with Crippen LogP contribution in [0.15, 0.2) is 18.2 Å². The van der Waals surface area contributed by atoms with Crippen molar-refractivity contribution < 1.29 is 19.4 Å². The fourth-order valence-corrected chi connectivity index (χ4v) is 1.79. The lowest BCUT2D eigenvalue weighted by molar-refractivity contribution is -0.142. The minimum atomic E-state index is -0.897. The van der Waals surface area contributed by atoms with Crippen molar-refractivity contribution in [1.29, 1.82) is 0 Å². The molecule has 5 nitrogen and oxygen atoms in total. The van der Waals surface area contributed by atoms with Crippen molar-refractivity contribution in [2.24, 2.45) is 0 Å². The van der Waals surface area contributed by atoms with Gasteiger partial charge in [0.2, 0.25) is 0 Å². The molecular formula is C13H19NO4. The molecule has 0 heterocycles. The van der Waals surface area contributed by atoms with Gasteiger partial charge in [0.1, 0.15) is 6.04 Å². The summed E-state index contributed by atoms with van der Waals surface area (Å²) in [7, 11) is 4.98. The Kier molecular flexibility index (Phi) is 4.97. The van der Waals surface area contributed by atoms with Crippen molar-refractivity contribution in [2.45, 2.75) is 13.0 Å². The number of carboxylic acid groups (broad SMARTS) is 1. The summed E-state index contributed by atoms with van der Waals surface area (Å²) in [4.78, 5) is 12.9. The van der Waals surface area contributed by atoms with Crippen LogP contribution in [0, 0.1) is 0 Å². The highest BCUT2D eigenvalue weighted by Gasteiger charge is 2.23. The van der Waals surface area contributed by atoms with Gasteiger partial charge in [0.15, 0.2) is 11.5 Å². The predicted octanol–water partition coefficient (Wildman–Crippen LogP) is 1.78. The second-order valence-electron chi connectivity index (χ2n) is 4.05. The zero-order chi connectivity index (χ0) is 13.7. The van der Waals surface area contributed by atoms with E-state index in [1.807, 2.05) is 6.92 Å². The lowest BCUT2D eigenvalue weighted by Crippen LogP contribution is -2.27. The van der Waals surface area contributed by atoms with E-state index >= 15 is 0 Å². The minimum absolute atomic E-state index is 0.533. The van der Waals surface area contributed by atoms with Crippen LogP contribution in [-0.4, -0.2) is 43.8 Å². The van der Waals surface area contributed by atoms with Crippen molar-refractivity contribution in [2.75, 3.05) is 27.8 Å². The molecule has 1 atom stereocenters. The van der Waals surface area contributed by atoms with Gasteiger partial charge in [0.05, 0.1) is 13.7 Å². The Balaban J connectivity index is 3.14. The van der Waals surface area contributed by atoms with Crippen LogP contribution in [0.5, 0.6) is 11.5 Å². The molecule has 1 N–H and O–H groups in total.